The SMILES string of the molecule is C=C(CCc1ccc(O)c(F)c1)N=CC(=C)C(=C)/C(F)=C(/F)C(=C)OC.C=CC. The second-order valence-electron chi connectivity index (χ2n) is 5.78. The second kappa shape index (κ2) is 13.0. The molecular formula is C23H26F3NO2. The van der Waals surface area contributed by atoms with Crippen molar-refractivity contribution in [1.29, 1.82) is 0 Å². The van der Waals surface area contributed by atoms with Crippen molar-refractivity contribution in [2.75, 3.05) is 7.11 Å². The van der Waals surface area contributed by atoms with Crippen molar-refractivity contribution in [3.8, 4) is 5.75 Å². The van der Waals surface area contributed by atoms with E-state index >= 15 is 0 Å². The summed E-state index contributed by atoms with van der Waals surface area (Å²) < 4.78 is 45.3. The highest BCUT2D eigenvalue weighted by Crippen LogP contribution is 2.25. The molecule has 6 heteroatoms. The van der Waals surface area contributed by atoms with E-state index in [1.165, 1.54) is 18.3 Å². The van der Waals surface area contributed by atoms with Crippen LogP contribution in [0.25, 0.3) is 0 Å². The summed E-state index contributed by atoms with van der Waals surface area (Å²) >= 11 is 0. The van der Waals surface area contributed by atoms with E-state index in [1.54, 1.807) is 12.1 Å². The first kappa shape index (κ1) is 25.7. The lowest BCUT2D eigenvalue weighted by atomic mass is 10.1. The highest BCUT2D eigenvalue weighted by Gasteiger charge is 2.15. The molecule has 0 spiro atoms. The summed E-state index contributed by atoms with van der Waals surface area (Å²) in [7, 11) is 1.16. The lowest BCUT2D eigenvalue weighted by Gasteiger charge is -2.07. The zero-order valence-electron chi connectivity index (χ0n) is 16.8. The third-order valence-electron chi connectivity index (χ3n) is 3.45. The molecule has 0 aliphatic rings. The molecule has 1 N–H and O–H groups in total. The number of allylic oxidation sites excluding steroid dienone is 6. The van der Waals surface area contributed by atoms with Crippen molar-refractivity contribution in [1.82, 2.24) is 0 Å². The first-order chi connectivity index (χ1) is 13.6. The average Bonchev–Trinajstić information content (AvgIpc) is 2.71. The number of nitrogens with zero attached hydrogens (tertiary/aromatic N) is 1. The number of ether oxygens (including phenoxy) is 1. The number of hydrogen-bond donors (Lipinski definition) is 1. The van der Waals surface area contributed by atoms with Crippen LogP contribution >= 0.6 is 0 Å². The molecule has 29 heavy (non-hydrogen) atoms. The molecular weight excluding hydrogens is 379 g/mol. The minimum absolute atomic E-state index is 0.0541. The van der Waals surface area contributed by atoms with E-state index < -0.39 is 29.0 Å². The number of phenols is 1. The van der Waals surface area contributed by atoms with Crippen LogP contribution < -0.4 is 0 Å². The van der Waals surface area contributed by atoms with E-state index in [9.17, 15) is 13.2 Å². The zero-order valence-corrected chi connectivity index (χ0v) is 16.8. The maximum Gasteiger partial charge on any atom is 0.200 e. The van der Waals surface area contributed by atoms with Gasteiger partial charge >= 0.3 is 0 Å². The van der Waals surface area contributed by atoms with Gasteiger partial charge in [-0.1, -0.05) is 38.5 Å². The Hall–Kier alpha value is -3.28. The van der Waals surface area contributed by atoms with Crippen LogP contribution in [0, 0.1) is 5.82 Å². The Morgan fingerprint density at radius 1 is 1.17 bits per heavy atom. The van der Waals surface area contributed by atoms with Crippen LogP contribution in [0.1, 0.15) is 18.9 Å². The third kappa shape index (κ3) is 8.97. The maximum absolute atomic E-state index is 13.9. The quantitative estimate of drug-likeness (QED) is 0.216. The Morgan fingerprint density at radius 2 is 1.76 bits per heavy atom. The lowest BCUT2D eigenvalue weighted by Crippen LogP contribution is -1.96. The molecule has 0 aromatic heterocycles. The van der Waals surface area contributed by atoms with E-state index in [0.717, 1.165) is 7.11 Å². The zero-order chi connectivity index (χ0) is 22.6. The molecule has 0 amide bonds. The van der Waals surface area contributed by atoms with Crippen molar-refractivity contribution >= 4 is 6.21 Å². The van der Waals surface area contributed by atoms with Gasteiger partial charge < -0.3 is 9.84 Å². The van der Waals surface area contributed by atoms with Gasteiger partial charge in [-0.05, 0) is 43.0 Å². The average molecular weight is 405 g/mol. The largest absolute Gasteiger partial charge is 0.505 e. The van der Waals surface area contributed by atoms with Crippen LogP contribution in [0.2, 0.25) is 0 Å². The number of methoxy groups -OCH3 is 1. The van der Waals surface area contributed by atoms with Gasteiger partial charge in [-0.2, -0.15) is 4.39 Å². The normalized spacial score (nSPS) is 11.1. The molecule has 1 aromatic rings. The number of aromatic hydroxyl groups is 1. The van der Waals surface area contributed by atoms with Gasteiger partial charge in [-0.15, -0.1) is 6.58 Å². The minimum atomic E-state index is -1.26. The fourth-order valence-corrected chi connectivity index (χ4v) is 1.79. The van der Waals surface area contributed by atoms with Crippen LogP contribution in [0.15, 0.2) is 96.4 Å². The first-order valence-corrected chi connectivity index (χ1v) is 8.52. The van der Waals surface area contributed by atoms with Crippen molar-refractivity contribution < 1.29 is 23.0 Å². The standard InChI is InChI=1S/C20H20F3NO2.C3H6/c1-12(14(3)19(22)20(23)15(4)26-5)11-24-13(2)6-7-16-8-9-18(25)17(21)10-16;1-3-2/h8-11,25H,1-4,6-7H2,5H3;3H,1H2,2H3/b20-19-,24-11?;. The molecule has 156 valence electrons. The molecule has 0 saturated heterocycles. The number of aliphatic imine (C=N–C) groups is 1. The number of halogens is 3. The summed E-state index contributed by atoms with van der Waals surface area (Å²) in [4.78, 5) is 4.02. The van der Waals surface area contributed by atoms with Crippen LogP contribution in [0.3, 0.4) is 0 Å². The van der Waals surface area contributed by atoms with Crippen molar-refractivity contribution in [2.24, 2.45) is 4.99 Å². The molecule has 0 unspecified atom stereocenters. The highest BCUT2D eigenvalue weighted by molar-refractivity contribution is 5.86. The highest BCUT2D eigenvalue weighted by atomic mass is 19.2. The molecule has 3 nitrogen and oxygen atoms in total. The van der Waals surface area contributed by atoms with Gasteiger partial charge in [0.25, 0.3) is 0 Å². The van der Waals surface area contributed by atoms with E-state index in [4.69, 9.17) is 5.11 Å². The molecule has 0 atom stereocenters. The van der Waals surface area contributed by atoms with Gasteiger partial charge in [-0.3, -0.25) is 4.99 Å². The Balaban J connectivity index is 0.00000245. The summed E-state index contributed by atoms with van der Waals surface area (Å²) in [6.07, 6.45) is 3.80. The number of phenolic OH excluding ortho intramolecular Hbond substituents is 1. The maximum atomic E-state index is 13.9. The predicted octanol–water partition coefficient (Wildman–Crippen LogP) is 6.66. The molecule has 0 aliphatic heterocycles. The molecule has 0 radical (unpaired) electrons. The Labute approximate surface area is 170 Å². The summed E-state index contributed by atoms with van der Waals surface area (Å²) in [6, 6.07) is 4.07. The molecule has 1 aromatic carbocycles. The van der Waals surface area contributed by atoms with Gasteiger partial charge in [-0.25, -0.2) is 8.78 Å². The van der Waals surface area contributed by atoms with Gasteiger partial charge in [0, 0.05) is 17.5 Å². The predicted molar refractivity (Wildman–Crippen MR) is 114 cm³/mol. The van der Waals surface area contributed by atoms with E-state index in [-0.39, 0.29) is 11.1 Å². The summed E-state index contributed by atoms with van der Waals surface area (Å²) in [6.45, 7) is 19.2. The van der Waals surface area contributed by atoms with Gasteiger partial charge in [0.15, 0.2) is 17.4 Å². The number of rotatable bonds is 9. The fourth-order valence-electron chi connectivity index (χ4n) is 1.79. The van der Waals surface area contributed by atoms with Crippen molar-refractivity contribution in [2.45, 2.75) is 19.8 Å². The Kier molecular flexibility index (Phi) is 11.5. The van der Waals surface area contributed by atoms with Crippen LogP contribution in [-0.4, -0.2) is 18.4 Å². The van der Waals surface area contributed by atoms with Gasteiger partial charge in [0.2, 0.25) is 5.83 Å². The Bertz CT molecular complexity index is 852. The molecule has 0 fully saturated rings. The topological polar surface area (TPSA) is 41.8 Å². The number of aryl methyl sites for hydroxylation is 1. The minimum Gasteiger partial charge on any atom is -0.505 e. The summed E-state index contributed by atoms with van der Waals surface area (Å²) in [5.74, 6) is -4.08. The van der Waals surface area contributed by atoms with Crippen LogP contribution in [-0.2, 0) is 11.2 Å². The first-order valence-electron chi connectivity index (χ1n) is 8.52. The van der Waals surface area contributed by atoms with E-state index in [1.807, 2.05) is 6.92 Å². The molecule has 1 rings (SSSR count). The van der Waals surface area contributed by atoms with E-state index in [0.29, 0.717) is 24.1 Å². The fraction of sp³-hybridized carbons (Fsp3) is 0.174. The molecule has 0 aliphatic carbocycles. The van der Waals surface area contributed by atoms with Crippen LogP contribution in [0.4, 0.5) is 13.2 Å². The molecule has 0 saturated carbocycles. The van der Waals surface area contributed by atoms with E-state index in [2.05, 4.69) is 42.6 Å². The monoisotopic (exact) mass is 405 g/mol. The third-order valence-corrected chi connectivity index (χ3v) is 3.45. The lowest BCUT2D eigenvalue weighted by molar-refractivity contribution is 0.281. The number of hydrogen-bond acceptors (Lipinski definition) is 3. The van der Waals surface area contributed by atoms with Gasteiger partial charge in [0.1, 0.15) is 5.76 Å². The summed E-state index contributed by atoms with van der Waals surface area (Å²) in [5.41, 5.74) is 0.851. The van der Waals surface area contributed by atoms with Crippen molar-refractivity contribution in [3.63, 3.8) is 0 Å². The van der Waals surface area contributed by atoms with Crippen LogP contribution in [0.5, 0.6) is 5.75 Å². The molecule has 0 bridgehead atoms. The second-order valence-corrected chi connectivity index (χ2v) is 5.78. The molecule has 0 heterocycles. The van der Waals surface area contributed by atoms with Gasteiger partial charge in [0.05, 0.1) is 7.11 Å². The smallest absolute Gasteiger partial charge is 0.200 e. The Morgan fingerprint density at radius 3 is 2.28 bits per heavy atom. The van der Waals surface area contributed by atoms with Crippen molar-refractivity contribution in [3.05, 3.63) is 103 Å². The number of benzene rings is 1. The summed E-state index contributed by atoms with van der Waals surface area (Å²) in [5, 5.41) is 9.14.